The summed E-state index contributed by atoms with van der Waals surface area (Å²) in [5, 5.41) is 20.3. The van der Waals surface area contributed by atoms with E-state index in [-0.39, 0.29) is 28.8 Å². The van der Waals surface area contributed by atoms with Crippen molar-refractivity contribution in [2.75, 3.05) is 26.2 Å². The summed E-state index contributed by atoms with van der Waals surface area (Å²) in [4.78, 5) is 6.53. The lowest BCUT2D eigenvalue weighted by Crippen LogP contribution is -2.47. The number of nitrogens with one attached hydrogen (secondary N) is 2. The summed E-state index contributed by atoms with van der Waals surface area (Å²) >= 11 is 5.77. The number of rotatable bonds is 7. The number of nitrogens with zero attached hydrogens (tertiary/aromatic N) is 4. The quantitative estimate of drug-likeness (QED) is 0.267. The van der Waals surface area contributed by atoms with Crippen LogP contribution in [0.5, 0.6) is 0 Å². The molecule has 2 heterocycles. The van der Waals surface area contributed by atoms with E-state index < -0.39 is 5.82 Å². The van der Waals surface area contributed by atoms with Crippen LogP contribution in [0.15, 0.2) is 27.8 Å². The van der Waals surface area contributed by atoms with E-state index in [1.807, 2.05) is 5.48 Å². The fourth-order valence-electron chi connectivity index (χ4n) is 3.23. The number of morpholine rings is 1. The van der Waals surface area contributed by atoms with Crippen molar-refractivity contribution >= 4 is 23.1 Å². The van der Waals surface area contributed by atoms with Crippen LogP contribution < -0.4 is 10.8 Å². The molecule has 1 aromatic carbocycles. The zero-order valence-corrected chi connectivity index (χ0v) is 17.0. The molecule has 2 atom stereocenters. The molecule has 1 aromatic heterocycles. The highest BCUT2D eigenvalue weighted by Gasteiger charge is 2.22. The van der Waals surface area contributed by atoms with Crippen molar-refractivity contribution in [1.82, 2.24) is 26.0 Å². The van der Waals surface area contributed by atoms with Crippen molar-refractivity contribution in [2.24, 2.45) is 4.99 Å². The summed E-state index contributed by atoms with van der Waals surface area (Å²) in [6.07, 6.45) is 0.443. The van der Waals surface area contributed by atoms with Gasteiger partial charge in [-0.15, -0.1) is 0 Å². The first kappa shape index (κ1) is 21.6. The molecule has 11 heteroatoms. The predicted octanol–water partition coefficient (Wildman–Crippen LogP) is 2.12. The smallest absolute Gasteiger partial charge is 0.182 e. The van der Waals surface area contributed by atoms with E-state index in [0.29, 0.717) is 17.9 Å². The van der Waals surface area contributed by atoms with Crippen LogP contribution in [0.1, 0.15) is 25.2 Å². The first-order valence-electron chi connectivity index (χ1n) is 9.30. The minimum Gasteiger partial charge on any atom is -0.373 e. The lowest BCUT2D eigenvalue weighted by atomic mass is 10.2. The van der Waals surface area contributed by atoms with Gasteiger partial charge in [0.25, 0.3) is 0 Å². The third-order valence-electron chi connectivity index (χ3n) is 4.42. The van der Waals surface area contributed by atoms with Crippen LogP contribution in [0, 0.1) is 5.82 Å². The summed E-state index contributed by atoms with van der Waals surface area (Å²) in [6, 6.07) is 3.95. The van der Waals surface area contributed by atoms with Gasteiger partial charge in [-0.3, -0.25) is 15.6 Å². The Morgan fingerprint density at radius 2 is 2.10 bits per heavy atom. The van der Waals surface area contributed by atoms with Crippen molar-refractivity contribution in [1.29, 1.82) is 0 Å². The first-order chi connectivity index (χ1) is 14.0. The van der Waals surface area contributed by atoms with Crippen molar-refractivity contribution < 1.29 is 19.0 Å². The summed E-state index contributed by atoms with van der Waals surface area (Å²) in [5.74, 6) is -0.539. The van der Waals surface area contributed by atoms with Crippen molar-refractivity contribution in [3.8, 4) is 0 Å². The molecule has 0 saturated carbocycles. The maximum absolute atomic E-state index is 13.3. The fraction of sp³-hybridized carbons (Fsp3) is 0.500. The minimum atomic E-state index is -0.554. The molecule has 29 heavy (non-hydrogen) atoms. The van der Waals surface area contributed by atoms with Crippen LogP contribution in [0.2, 0.25) is 5.02 Å². The van der Waals surface area contributed by atoms with Crippen molar-refractivity contribution in [2.45, 2.75) is 32.6 Å². The number of amidine groups is 1. The number of hydrogen-bond acceptors (Lipinski definition) is 8. The Balaban J connectivity index is 1.59. The summed E-state index contributed by atoms with van der Waals surface area (Å²) in [5.41, 5.74) is 3.04. The summed E-state index contributed by atoms with van der Waals surface area (Å²) < 4.78 is 23.8. The molecular weight excluding hydrogens is 403 g/mol. The third-order valence-corrected chi connectivity index (χ3v) is 4.71. The Labute approximate surface area is 172 Å². The van der Waals surface area contributed by atoms with Gasteiger partial charge in [-0.25, -0.2) is 14.0 Å². The SMILES string of the molecule is C[C@@H]1CN(CCNCc2nonc2C(=Nc2ccc(F)c(Cl)c2)NO)C[C@H](C)O1. The van der Waals surface area contributed by atoms with Crippen LogP contribution in [0.3, 0.4) is 0 Å². The molecular formula is C18H24ClFN6O3. The normalized spacial score (nSPS) is 20.8. The van der Waals surface area contributed by atoms with Gasteiger partial charge in [0.2, 0.25) is 0 Å². The second-order valence-electron chi connectivity index (χ2n) is 6.92. The molecule has 0 amide bonds. The van der Waals surface area contributed by atoms with E-state index in [2.05, 4.69) is 39.4 Å². The van der Waals surface area contributed by atoms with Gasteiger partial charge < -0.3 is 10.1 Å². The summed E-state index contributed by atoms with van der Waals surface area (Å²) in [7, 11) is 0. The monoisotopic (exact) mass is 426 g/mol. The van der Waals surface area contributed by atoms with Gasteiger partial charge in [-0.05, 0) is 37.2 Å². The molecule has 0 spiro atoms. The van der Waals surface area contributed by atoms with E-state index in [4.69, 9.17) is 21.0 Å². The molecule has 158 valence electrons. The Morgan fingerprint density at radius 3 is 2.79 bits per heavy atom. The van der Waals surface area contributed by atoms with Gasteiger partial charge in [0.05, 0.1) is 22.9 Å². The van der Waals surface area contributed by atoms with Gasteiger partial charge in [-0.1, -0.05) is 16.8 Å². The Morgan fingerprint density at radius 1 is 1.34 bits per heavy atom. The number of hydroxylamine groups is 1. The molecule has 0 aliphatic carbocycles. The van der Waals surface area contributed by atoms with E-state index in [1.54, 1.807) is 0 Å². The Hall–Kier alpha value is -2.11. The molecule has 0 radical (unpaired) electrons. The Kier molecular flexibility index (Phi) is 7.51. The molecule has 1 aliphatic rings. The third kappa shape index (κ3) is 5.94. The lowest BCUT2D eigenvalue weighted by molar-refractivity contribution is -0.0674. The maximum atomic E-state index is 13.3. The zero-order chi connectivity index (χ0) is 20.8. The number of hydrogen-bond donors (Lipinski definition) is 3. The maximum Gasteiger partial charge on any atom is 0.182 e. The lowest BCUT2D eigenvalue weighted by Gasteiger charge is -2.35. The average Bonchev–Trinajstić information content (AvgIpc) is 3.13. The standard InChI is InChI=1S/C18H24ClFN6O3/c1-11-9-26(10-12(2)28-11)6-5-21-8-16-17(25-29-24-16)18(23-27)22-13-3-4-15(20)14(19)7-13/h3-4,7,11-12,21,27H,5-6,8-10H2,1-2H3,(H,22,23)/t11-,12+. The molecule has 1 fully saturated rings. The number of benzene rings is 1. The van der Waals surface area contributed by atoms with Crippen LogP contribution in [0.25, 0.3) is 0 Å². The highest BCUT2D eigenvalue weighted by molar-refractivity contribution is 6.31. The number of ether oxygens (including phenoxy) is 1. The van der Waals surface area contributed by atoms with Crippen LogP contribution in [-0.4, -0.2) is 64.6 Å². The highest BCUT2D eigenvalue weighted by atomic mass is 35.5. The van der Waals surface area contributed by atoms with Gasteiger partial charge in [0.1, 0.15) is 11.5 Å². The van der Waals surface area contributed by atoms with Gasteiger partial charge in [0.15, 0.2) is 11.5 Å². The zero-order valence-electron chi connectivity index (χ0n) is 16.2. The Bertz CT molecular complexity index is 839. The molecule has 1 saturated heterocycles. The minimum absolute atomic E-state index is 0.0153. The molecule has 2 aromatic rings. The highest BCUT2D eigenvalue weighted by Crippen LogP contribution is 2.22. The fourth-order valence-corrected chi connectivity index (χ4v) is 3.40. The molecule has 0 bridgehead atoms. The van der Waals surface area contributed by atoms with Crippen LogP contribution >= 0.6 is 11.6 Å². The first-order valence-corrected chi connectivity index (χ1v) is 9.68. The molecule has 3 rings (SSSR count). The van der Waals surface area contributed by atoms with E-state index in [9.17, 15) is 9.60 Å². The summed E-state index contributed by atoms with van der Waals surface area (Å²) in [6.45, 7) is 7.91. The van der Waals surface area contributed by atoms with Gasteiger partial charge >= 0.3 is 0 Å². The number of aliphatic imine (C=N–C) groups is 1. The largest absolute Gasteiger partial charge is 0.373 e. The van der Waals surface area contributed by atoms with Crippen molar-refractivity contribution in [3.63, 3.8) is 0 Å². The second kappa shape index (κ2) is 10.1. The molecule has 3 N–H and O–H groups in total. The van der Waals surface area contributed by atoms with Crippen LogP contribution in [0.4, 0.5) is 10.1 Å². The average molecular weight is 427 g/mol. The predicted molar refractivity (Wildman–Crippen MR) is 105 cm³/mol. The van der Waals surface area contributed by atoms with E-state index >= 15 is 0 Å². The van der Waals surface area contributed by atoms with Gasteiger partial charge in [0, 0.05) is 32.7 Å². The molecule has 9 nitrogen and oxygen atoms in total. The second-order valence-corrected chi connectivity index (χ2v) is 7.33. The topological polar surface area (TPSA) is 108 Å². The number of aromatic nitrogens is 2. The van der Waals surface area contributed by atoms with Gasteiger partial charge in [-0.2, -0.15) is 0 Å². The van der Waals surface area contributed by atoms with Crippen LogP contribution in [-0.2, 0) is 11.3 Å². The van der Waals surface area contributed by atoms with E-state index in [0.717, 1.165) is 26.2 Å². The molecule has 0 unspecified atom stereocenters. The van der Waals surface area contributed by atoms with E-state index in [1.165, 1.54) is 18.2 Å². The van der Waals surface area contributed by atoms with Crippen molar-refractivity contribution in [3.05, 3.63) is 40.4 Å². The number of halogens is 2. The molecule has 1 aliphatic heterocycles.